The summed E-state index contributed by atoms with van der Waals surface area (Å²) in [4.78, 5) is 20.2. The van der Waals surface area contributed by atoms with Gasteiger partial charge < -0.3 is 18.8 Å². The molecule has 1 saturated heterocycles. The Bertz CT molecular complexity index is 1750. The maximum Gasteiger partial charge on any atom is 0.338 e. The lowest BCUT2D eigenvalue weighted by molar-refractivity contribution is -0.0592. The first-order chi connectivity index (χ1) is 21.1. The molecule has 0 N–H and O–H groups in total. The van der Waals surface area contributed by atoms with Gasteiger partial charge in [-0.3, -0.25) is 4.90 Å². The van der Waals surface area contributed by atoms with Crippen LogP contribution in [-0.2, 0) is 35.5 Å². The maximum atomic E-state index is 14.6. The van der Waals surface area contributed by atoms with E-state index in [9.17, 15) is 9.18 Å². The van der Waals surface area contributed by atoms with Crippen molar-refractivity contribution >= 4 is 17.0 Å². The van der Waals surface area contributed by atoms with Crippen molar-refractivity contribution in [3.8, 4) is 11.8 Å². The number of fused-ring (bicyclic) bond motifs is 2. The molecule has 3 heterocycles. The Balaban J connectivity index is 1.21. The number of ether oxygens (including phenoxy) is 3. The van der Waals surface area contributed by atoms with E-state index in [1.807, 2.05) is 51.1 Å². The van der Waals surface area contributed by atoms with Crippen LogP contribution in [-0.4, -0.2) is 45.3 Å². The molecule has 0 aliphatic carbocycles. The molecule has 44 heavy (non-hydrogen) atoms. The minimum Gasteiger partial charge on any atom is -0.486 e. The Kier molecular flexibility index (Phi) is 8.14. The van der Waals surface area contributed by atoms with Crippen molar-refractivity contribution in [2.24, 2.45) is 0 Å². The van der Waals surface area contributed by atoms with Gasteiger partial charge >= 0.3 is 5.97 Å². The highest BCUT2D eigenvalue weighted by Gasteiger charge is 2.26. The summed E-state index contributed by atoms with van der Waals surface area (Å²) in [6.45, 7) is 11.1. The topological polar surface area (TPSA) is 89.6 Å². The molecule has 0 spiro atoms. The van der Waals surface area contributed by atoms with Crippen LogP contribution in [0.1, 0.15) is 78.7 Å². The van der Waals surface area contributed by atoms with Crippen molar-refractivity contribution in [3.05, 3.63) is 94.1 Å². The highest BCUT2D eigenvalue weighted by Crippen LogP contribution is 2.30. The number of halogens is 1. The van der Waals surface area contributed by atoms with Gasteiger partial charge in [0, 0.05) is 25.3 Å². The molecule has 3 aromatic carbocycles. The highest BCUT2D eigenvalue weighted by atomic mass is 19.1. The van der Waals surface area contributed by atoms with Crippen LogP contribution >= 0.6 is 0 Å². The van der Waals surface area contributed by atoms with Gasteiger partial charge in [0.15, 0.2) is 0 Å². The lowest BCUT2D eigenvalue weighted by atomic mass is 9.99. The summed E-state index contributed by atoms with van der Waals surface area (Å²) in [5.41, 5.74) is 4.79. The standard InChI is InChI=1S/C35H37FN4O4/c1-22(29-9-5-23(18-37)15-30(29)36)43-27-8-6-24-11-13-39(19-26(24)16-27)21-33-38-31-10-7-25(34(41)44-35(2,3)4)17-32(31)40(33)20-28-12-14-42-28/h5-10,15-17,22,28H,11-14,19-21H2,1-4H3/t22-,28?/m1/s1. The van der Waals surface area contributed by atoms with Crippen LogP contribution in [0, 0.1) is 17.1 Å². The summed E-state index contributed by atoms with van der Waals surface area (Å²) in [7, 11) is 0. The fourth-order valence-corrected chi connectivity index (χ4v) is 5.79. The second-order valence-corrected chi connectivity index (χ2v) is 12.6. The van der Waals surface area contributed by atoms with Crippen LogP contribution in [0.25, 0.3) is 11.0 Å². The first-order valence-corrected chi connectivity index (χ1v) is 15.1. The second kappa shape index (κ2) is 12.0. The molecule has 1 unspecified atom stereocenters. The summed E-state index contributed by atoms with van der Waals surface area (Å²) in [5.74, 6) is 0.799. The number of rotatable bonds is 8. The van der Waals surface area contributed by atoms with E-state index < -0.39 is 17.5 Å². The molecule has 228 valence electrons. The monoisotopic (exact) mass is 596 g/mol. The third-order valence-electron chi connectivity index (χ3n) is 8.16. The zero-order chi connectivity index (χ0) is 31.0. The quantitative estimate of drug-likeness (QED) is 0.215. The average Bonchev–Trinajstić information content (AvgIpc) is 3.29. The molecule has 1 aromatic heterocycles. The van der Waals surface area contributed by atoms with Crippen molar-refractivity contribution in [2.45, 2.75) is 78.0 Å². The molecule has 2 atom stereocenters. The third kappa shape index (κ3) is 6.47. The van der Waals surface area contributed by atoms with E-state index in [0.717, 1.165) is 49.4 Å². The fraction of sp³-hybridized carbons (Fsp3) is 0.400. The van der Waals surface area contributed by atoms with Crippen molar-refractivity contribution in [3.63, 3.8) is 0 Å². The maximum absolute atomic E-state index is 14.6. The molecule has 8 nitrogen and oxygen atoms in total. The van der Waals surface area contributed by atoms with E-state index in [1.54, 1.807) is 25.1 Å². The predicted molar refractivity (Wildman–Crippen MR) is 164 cm³/mol. The molecule has 0 amide bonds. The Morgan fingerprint density at radius 3 is 2.68 bits per heavy atom. The van der Waals surface area contributed by atoms with E-state index in [4.69, 9.17) is 24.5 Å². The molecule has 4 aromatic rings. The predicted octanol–water partition coefficient (Wildman–Crippen LogP) is 6.49. The van der Waals surface area contributed by atoms with Crippen molar-refractivity contribution in [2.75, 3.05) is 13.2 Å². The molecule has 9 heteroatoms. The van der Waals surface area contributed by atoms with E-state index >= 15 is 0 Å². The fourth-order valence-electron chi connectivity index (χ4n) is 5.79. The molecule has 2 aliphatic heterocycles. The highest BCUT2D eigenvalue weighted by molar-refractivity contribution is 5.94. The lowest BCUT2D eigenvalue weighted by Gasteiger charge is -2.31. The van der Waals surface area contributed by atoms with Crippen molar-refractivity contribution < 1.29 is 23.4 Å². The molecule has 2 aliphatic rings. The number of nitriles is 1. The molecule has 1 fully saturated rings. The van der Waals surface area contributed by atoms with Crippen molar-refractivity contribution in [1.82, 2.24) is 14.5 Å². The van der Waals surface area contributed by atoms with Crippen LogP contribution in [0.4, 0.5) is 4.39 Å². The summed E-state index contributed by atoms with van der Waals surface area (Å²) >= 11 is 0. The van der Waals surface area contributed by atoms with E-state index in [1.165, 1.54) is 17.2 Å². The molecular weight excluding hydrogens is 559 g/mol. The number of aromatic nitrogens is 2. The van der Waals surface area contributed by atoms with Gasteiger partial charge in [0.1, 0.15) is 29.1 Å². The van der Waals surface area contributed by atoms with Gasteiger partial charge in [-0.15, -0.1) is 0 Å². The Hall–Kier alpha value is -4.26. The van der Waals surface area contributed by atoms with Gasteiger partial charge in [-0.05, 0) is 94.1 Å². The second-order valence-electron chi connectivity index (χ2n) is 12.6. The number of nitrogens with zero attached hydrogens (tertiary/aromatic N) is 4. The van der Waals surface area contributed by atoms with Gasteiger partial charge in [-0.2, -0.15) is 5.26 Å². The van der Waals surface area contributed by atoms with E-state index in [0.29, 0.717) is 30.0 Å². The molecule has 0 radical (unpaired) electrons. The van der Waals surface area contributed by atoms with E-state index in [-0.39, 0.29) is 17.6 Å². The molecule has 6 rings (SSSR count). The Labute approximate surface area is 257 Å². The van der Waals surface area contributed by atoms with Crippen LogP contribution in [0.5, 0.6) is 5.75 Å². The van der Waals surface area contributed by atoms with Gasteiger partial charge in [0.05, 0.1) is 47.4 Å². The third-order valence-corrected chi connectivity index (χ3v) is 8.16. The van der Waals surface area contributed by atoms with Crippen LogP contribution < -0.4 is 4.74 Å². The van der Waals surface area contributed by atoms with Crippen molar-refractivity contribution in [1.29, 1.82) is 5.26 Å². The summed E-state index contributed by atoms with van der Waals surface area (Å²) < 4.78 is 34.3. The summed E-state index contributed by atoms with van der Waals surface area (Å²) in [5, 5.41) is 9.04. The van der Waals surface area contributed by atoms with Gasteiger partial charge in [-0.1, -0.05) is 12.1 Å². The van der Waals surface area contributed by atoms with Gasteiger partial charge in [0.2, 0.25) is 0 Å². The lowest BCUT2D eigenvalue weighted by Crippen LogP contribution is -2.34. The largest absolute Gasteiger partial charge is 0.486 e. The normalized spacial score (nSPS) is 17.4. The van der Waals surface area contributed by atoms with E-state index in [2.05, 4.69) is 15.5 Å². The first kappa shape index (κ1) is 29.8. The zero-order valence-corrected chi connectivity index (χ0v) is 25.6. The number of hydrogen-bond acceptors (Lipinski definition) is 7. The van der Waals surface area contributed by atoms with Crippen LogP contribution in [0.15, 0.2) is 54.6 Å². The molecular formula is C35H37FN4O4. The minimum atomic E-state index is -0.579. The number of carbonyl (C=O) groups is 1. The van der Waals surface area contributed by atoms with Crippen LogP contribution in [0.2, 0.25) is 0 Å². The summed E-state index contributed by atoms with van der Waals surface area (Å²) in [6.07, 6.45) is 1.50. The minimum absolute atomic E-state index is 0.126. The average molecular weight is 597 g/mol. The Morgan fingerprint density at radius 2 is 1.98 bits per heavy atom. The number of hydrogen-bond donors (Lipinski definition) is 0. The molecule has 0 bridgehead atoms. The zero-order valence-electron chi connectivity index (χ0n) is 25.6. The summed E-state index contributed by atoms with van der Waals surface area (Å²) in [6, 6.07) is 18.0. The number of benzene rings is 3. The molecule has 0 saturated carbocycles. The van der Waals surface area contributed by atoms with Crippen LogP contribution in [0.3, 0.4) is 0 Å². The smallest absolute Gasteiger partial charge is 0.338 e. The SMILES string of the molecule is C[C@@H](Oc1ccc2c(c1)CN(Cc1nc3ccc(C(=O)OC(C)(C)C)cc3n1CC1CCO1)CC2)c1ccc(C#N)cc1F. The Morgan fingerprint density at radius 1 is 1.16 bits per heavy atom. The van der Waals surface area contributed by atoms with Gasteiger partial charge in [-0.25, -0.2) is 14.2 Å². The number of esters is 1. The van der Waals surface area contributed by atoms with Gasteiger partial charge in [0.25, 0.3) is 0 Å². The number of carbonyl (C=O) groups excluding carboxylic acids is 1. The first-order valence-electron chi connectivity index (χ1n) is 15.1. The number of imidazole rings is 1.